The second-order valence-electron chi connectivity index (χ2n) is 5.65. The molecule has 0 bridgehead atoms. The molecule has 118 valence electrons. The molecule has 3 rings (SSSR count). The number of aromatic amines is 1. The van der Waals surface area contributed by atoms with E-state index in [0.29, 0.717) is 22.6 Å². The van der Waals surface area contributed by atoms with Crippen LogP contribution in [0.2, 0.25) is 0 Å². The Labute approximate surface area is 133 Å². The van der Waals surface area contributed by atoms with Crippen LogP contribution in [0.3, 0.4) is 0 Å². The van der Waals surface area contributed by atoms with Crippen molar-refractivity contribution in [1.29, 1.82) is 0 Å². The first-order chi connectivity index (χ1) is 11.0. The Bertz CT molecular complexity index is 758. The molecule has 1 saturated carbocycles. The van der Waals surface area contributed by atoms with Crippen LogP contribution in [0.4, 0.5) is 11.4 Å². The van der Waals surface area contributed by atoms with Gasteiger partial charge in [-0.05, 0) is 50.1 Å². The molecule has 1 heterocycles. The van der Waals surface area contributed by atoms with Gasteiger partial charge in [-0.2, -0.15) is 0 Å². The highest BCUT2D eigenvalue weighted by Gasteiger charge is 2.29. The summed E-state index contributed by atoms with van der Waals surface area (Å²) in [5.41, 5.74) is 2.10. The first-order valence-electron chi connectivity index (χ1n) is 7.44. The van der Waals surface area contributed by atoms with Crippen LogP contribution in [0.5, 0.6) is 0 Å². The molecular formula is C17H17N3O3. The maximum absolute atomic E-state index is 12.1. The summed E-state index contributed by atoms with van der Waals surface area (Å²) in [4.78, 5) is 37.8. The highest BCUT2D eigenvalue weighted by atomic mass is 16.2. The van der Waals surface area contributed by atoms with Gasteiger partial charge in [-0.1, -0.05) is 0 Å². The molecule has 1 aliphatic carbocycles. The van der Waals surface area contributed by atoms with E-state index >= 15 is 0 Å². The molecule has 6 nitrogen and oxygen atoms in total. The van der Waals surface area contributed by atoms with Gasteiger partial charge in [0, 0.05) is 29.1 Å². The van der Waals surface area contributed by atoms with E-state index in [1.807, 2.05) is 0 Å². The number of anilines is 2. The van der Waals surface area contributed by atoms with Crippen molar-refractivity contribution in [2.45, 2.75) is 19.8 Å². The predicted octanol–water partition coefficient (Wildman–Crippen LogP) is 2.82. The predicted molar refractivity (Wildman–Crippen MR) is 86.5 cm³/mol. The summed E-state index contributed by atoms with van der Waals surface area (Å²) in [6, 6.07) is 8.43. The number of amides is 2. The van der Waals surface area contributed by atoms with E-state index in [1.54, 1.807) is 24.3 Å². The summed E-state index contributed by atoms with van der Waals surface area (Å²) in [5.74, 6) is -0.231. The minimum absolute atomic E-state index is 0.0462. The molecule has 0 spiro atoms. The normalized spacial score (nSPS) is 13.4. The van der Waals surface area contributed by atoms with E-state index in [9.17, 15) is 14.4 Å². The zero-order valence-electron chi connectivity index (χ0n) is 12.7. The molecule has 0 aliphatic heterocycles. The van der Waals surface area contributed by atoms with Crippen LogP contribution >= 0.6 is 0 Å². The lowest BCUT2D eigenvalue weighted by molar-refractivity contribution is -0.117. The van der Waals surface area contributed by atoms with Crippen molar-refractivity contribution in [3.05, 3.63) is 47.8 Å². The first-order valence-corrected chi connectivity index (χ1v) is 7.44. The zero-order valence-corrected chi connectivity index (χ0v) is 12.7. The number of Topliss-reactive ketones (excluding diaryl/α,β-unsaturated/α-hetero) is 1. The van der Waals surface area contributed by atoms with Gasteiger partial charge in [0.05, 0.1) is 0 Å². The van der Waals surface area contributed by atoms with Crippen LogP contribution in [0, 0.1) is 5.92 Å². The van der Waals surface area contributed by atoms with Crippen molar-refractivity contribution >= 4 is 29.0 Å². The third-order valence-corrected chi connectivity index (χ3v) is 3.69. The number of ketones is 1. The lowest BCUT2D eigenvalue weighted by Crippen LogP contribution is -2.14. The van der Waals surface area contributed by atoms with Gasteiger partial charge in [0.1, 0.15) is 5.69 Å². The van der Waals surface area contributed by atoms with Crippen molar-refractivity contribution < 1.29 is 14.4 Å². The van der Waals surface area contributed by atoms with Crippen molar-refractivity contribution in [1.82, 2.24) is 4.98 Å². The molecule has 6 heteroatoms. The maximum atomic E-state index is 12.1. The monoisotopic (exact) mass is 311 g/mol. The van der Waals surface area contributed by atoms with Crippen molar-refractivity contribution in [3.8, 4) is 0 Å². The van der Waals surface area contributed by atoms with Crippen molar-refractivity contribution in [2.24, 2.45) is 5.92 Å². The molecule has 1 aromatic carbocycles. The number of hydrogen-bond acceptors (Lipinski definition) is 3. The molecule has 2 amide bonds. The third-order valence-electron chi connectivity index (χ3n) is 3.69. The fourth-order valence-corrected chi connectivity index (χ4v) is 2.15. The Morgan fingerprint density at radius 1 is 1.04 bits per heavy atom. The van der Waals surface area contributed by atoms with E-state index < -0.39 is 0 Å². The number of nitrogens with one attached hydrogen (secondary N) is 3. The van der Waals surface area contributed by atoms with Crippen molar-refractivity contribution in [2.75, 3.05) is 10.6 Å². The molecule has 0 atom stereocenters. The Morgan fingerprint density at radius 3 is 2.17 bits per heavy atom. The van der Waals surface area contributed by atoms with Crippen molar-refractivity contribution in [3.63, 3.8) is 0 Å². The highest BCUT2D eigenvalue weighted by molar-refractivity contribution is 6.05. The number of H-pyrrole nitrogens is 1. The van der Waals surface area contributed by atoms with Gasteiger partial charge in [-0.3, -0.25) is 14.4 Å². The number of aromatic nitrogens is 1. The summed E-state index contributed by atoms with van der Waals surface area (Å²) in [6.45, 7) is 1.44. The third kappa shape index (κ3) is 3.66. The summed E-state index contributed by atoms with van der Waals surface area (Å²) >= 11 is 0. The fourth-order valence-electron chi connectivity index (χ4n) is 2.15. The molecule has 2 aromatic rings. The molecule has 23 heavy (non-hydrogen) atoms. The average Bonchev–Trinajstić information content (AvgIpc) is 3.25. The van der Waals surface area contributed by atoms with Gasteiger partial charge in [0.15, 0.2) is 5.78 Å². The minimum atomic E-state index is -0.327. The Kier molecular flexibility index (Phi) is 3.97. The quantitative estimate of drug-likeness (QED) is 0.741. The minimum Gasteiger partial charge on any atom is -0.356 e. The highest BCUT2D eigenvalue weighted by Crippen LogP contribution is 2.30. The molecule has 1 aromatic heterocycles. The van der Waals surface area contributed by atoms with E-state index in [-0.39, 0.29) is 23.5 Å². The molecular weight excluding hydrogens is 294 g/mol. The second-order valence-corrected chi connectivity index (χ2v) is 5.65. The largest absolute Gasteiger partial charge is 0.356 e. The maximum Gasteiger partial charge on any atom is 0.272 e. The molecule has 1 aliphatic rings. The van der Waals surface area contributed by atoms with E-state index in [4.69, 9.17) is 0 Å². The van der Waals surface area contributed by atoms with Crippen LogP contribution in [-0.4, -0.2) is 22.6 Å². The first kappa shape index (κ1) is 15.0. The van der Waals surface area contributed by atoms with E-state index in [2.05, 4.69) is 15.6 Å². The van der Waals surface area contributed by atoms with Crippen LogP contribution < -0.4 is 10.6 Å². The molecule has 0 saturated heterocycles. The summed E-state index contributed by atoms with van der Waals surface area (Å²) < 4.78 is 0. The van der Waals surface area contributed by atoms with Gasteiger partial charge in [0.2, 0.25) is 5.91 Å². The second kappa shape index (κ2) is 6.08. The molecule has 0 radical (unpaired) electrons. The number of hydrogen-bond donors (Lipinski definition) is 3. The zero-order chi connectivity index (χ0) is 16.4. The van der Waals surface area contributed by atoms with Gasteiger partial charge in [0.25, 0.3) is 5.91 Å². The molecule has 0 unspecified atom stereocenters. The lowest BCUT2D eigenvalue weighted by Gasteiger charge is -2.07. The Morgan fingerprint density at radius 2 is 1.65 bits per heavy atom. The van der Waals surface area contributed by atoms with Crippen LogP contribution in [0.25, 0.3) is 0 Å². The number of carbonyl (C=O) groups is 3. The number of rotatable bonds is 5. The summed E-state index contributed by atoms with van der Waals surface area (Å²) in [6.07, 6.45) is 3.42. The molecule has 1 fully saturated rings. The van der Waals surface area contributed by atoms with Gasteiger partial charge < -0.3 is 15.6 Å². The van der Waals surface area contributed by atoms with Gasteiger partial charge in [-0.15, -0.1) is 0 Å². The van der Waals surface area contributed by atoms with Gasteiger partial charge >= 0.3 is 0 Å². The standard InChI is InChI=1S/C17H17N3O3/c1-10(21)12-8-15(18-9-12)17(23)20-14-6-4-13(5-7-14)19-16(22)11-2-3-11/h4-9,11,18H,2-3H2,1H3,(H,19,22)(H,20,23). The molecule has 3 N–H and O–H groups in total. The van der Waals surface area contributed by atoms with E-state index in [1.165, 1.54) is 19.2 Å². The Hall–Kier alpha value is -2.89. The fraction of sp³-hybridized carbons (Fsp3) is 0.235. The topological polar surface area (TPSA) is 91.1 Å². The van der Waals surface area contributed by atoms with E-state index in [0.717, 1.165) is 12.8 Å². The average molecular weight is 311 g/mol. The number of benzene rings is 1. The van der Waals surface area contributed by atoms with Crippen LogP contribution in [-0.2, 0) is 4.79 Å². The summed E-state index contributed by atoms with van der Waals surface area (Å²) in [5, 5.41) is 5.57. The Balaban J connectivity index is 1.61. The van der Waals surface area contributed by atoms with Crippen LogP contribution in [0.1, 0.15) is 40.6 Å². The van der Waals surface area contributed by atoms with Crippen LogP contribution in [0.15, 0.2) is 36.5 Å². The van der Waals surface area contributed by atoms with Gasteiger partial charge in [-0.25, -0.2) is 0 Å². The lowest BCUT2D eigenvalue weighted by atomic mass is 10.2. The smallest absolute Gasteiger partial charge is 0.272 e. The number of carbonyl (C=O) groups excluding carboxylic acids is 3. The summed E-state index contributed by atoms with van der Waals surface area (Å²) in [7, 11) is 0. The SMILES string of the molecule is CC(=O)c1c[nH]c(C(=O)Nc2ccc(NC(=O)C3CC3)cc2)c1.